The van der Waals surface area contributed by atoms with Crippen molar-refractivity contribution >= 4 is 5.91 Å². The molecule has 1 aromatic heterocycles. The average Bonchev–Trinajstić information content (AvgIpc) is 2.98. The Labute approximate surface area is 108 Å². The molecule has 1 fully saturated rings. The molecule has 1 unspecified atom stereocenters. The van der Waals surface area contributed by atoms with Crippen LogP contribution in [0.4, 0.5) is 0 Å². The van der Waals surface area contributed by atoms with E-state index in [0.717, 1.165) is 25.1 Å². The molecule has 0 aromatic carbocycles. The van der Waals surface area contributed by atoms with Crippen molar-refractivity contribution in [2.24, 2.45) is 11.3 Å². The van der Waals surface area contributed by atoms with Gasteiger partial charge in [0.05, 0.1) is 11.6 Å². The molecule has 0 bridgehead atoms. The Morgan fingerprint density at radius 3 is 2.89 bits per heavy atom. The largest absolute Gasteiger partial charge is 0.341 e. The number of aromatic nitrogens is 2. The lowest BCUT2D eigenvalue weighted by atomic mass is 9.75. The molecule has 0 saturated carbocycles. The quantitative estimate of drug-likeness (QED) is 0.838. The predicted molar refractivity (Wildman–Crippen MR) is 69.8 cm³/mol. The number of rotatable bonds is 4. The normalized spacial score (nSPS) is 23.6. The molecule has 5 heteroatoms. The third-order valence-corrected chi connectivity index (χ3v) is 4.04. The molecule has 1 aromatic rings. The average molecular weight is 250 g/mol. The van der Waals surface area contributed by atoms with E-state index in [1.54, 1.807) is 6.20 Å². The Bertz CT molecular complexity index is 393. The Kier molecular flexibility index (Phi) is 3.71. The monoisotopic (exact) mass is 250 g/mol. The summed E-state index contributed by atoms with van der Waals surface area (Å²) in [5.74, 6) is 0.593. The Hall–Kier alpha value is -1.36. The van der Waals surface area contributed by atoms with Crippen LogP contribution >= 0.6 is 0 Å². The lowest BCUT2D eigenvalue weighted by molar-refractivity contribution is -0.142. The molecule has 1 amide bonds. The van der Waals surface area contributed by atoms with Gasteiger partial charge in [-0.3, -0.25) is 9.89 Å². The maximum Gasteiger partial charge on any atom is 0.230 e. The molecule has 18 heavy (non-hydrogen) atoms. The lowest BCUT2D eigenvalue weighted by Gasteiger charge is -2.35. The Balaban J connectivity index is 2.09. The van der Waals surface area contributed by atoms with E-state index in [9.17, 15) is 4.79 Å². The van der Waals surface area contributed by atoms with Crippen molar-refractivity contribution < 1.29 is 4.79 Å². The minimum absolute atomic E-state index is 0.238. The molecule has 1 aliphatic rings. The maximum absolute atomic E-state index is 12.7. The summed E-state index contributed by atoms with van der Waals surface area (Å²) in [5, 5.41) is 10.0. The van der Waals surface area contributed by atoms with Gasteiger partial charge in [0.2, 0.25) is 5.91 Å². The number of aromatic amines is 1. The minimum atomic E-state index is -0.238. The summed E-state index contributed by atoms with van der Waals surface area (Å²) >= 11 is 0. The second-order valence-electron chi connectivity index (χ2n) is 5.51. The summed E-state index contributed by atoms with van der Waals surface area (Å²) in [6, 6.07) is 0. The van der Waals surface area contributed by atoms with Crippen LogP contribution < -0.4 is 5.32 Å². The summed E-state index contributed by atoms with van der Waals surface area (Å²) in [5.41, 5.74) is 0.800. The van der Waals surface area contributed by atoms with Gasteiger partial charge in [-0.05, 0) is 18.9 Å². The number of hydrogen-bond acceptors (Lipinski definition) is 3. The standard InChI is InChI=1S/C13H22N4O/c1-10(2)13(4-5-14-9-13)12(18)17(3)8-11-6-15-16-7-11/h6-7,10,14H,4-5,8-9H2,1-3H3,(H,15,16). The molecule has 2 heterocycles. The highest BCUT2D eigenvalue weighted by atomic mass is 16.2. The fourth-order valence-corrected chi connectivity index (χ4v) is 2.72. The molecule has 1 atom stereocenters. The van der Waals surface area contributed by atoms with Gasteiger partial charge in [-0.25, -0.2) is 0 Å². The highest BCUT2D eigenvalue weighted by molar-refractivity contribution is 5.83. The van der Waals surface area contributed by atoms with Crippen molar-refractivity contribution in [3.8, 4) is 0 Å². The SMILES string of the molecule is CC(C)C1(C(=O)N(C)Cc2cn[nH]c2)CCNC1. The van der Waals surface area contributed by atoms with Crippen molar-refractivity contribution in [1.82, 2.24) is 20.4 Å². The van der Waals surface area contributed by atoms with Crippen LogP contribution in [0, 0.1) is 11.3 Å². The van der Waals surface area contributed by atoms with Crippen molar-refractivity contribution in [3.63, 3.8) is 0 Å². The van der Waals surface area contributed by atoms with E-state index >= 15 is 0 Å². The van der Waals surface area contributed by atoms with Crippen LogP contribution in [-0.2, 0) is 11.3 Å². The van der Waals surface area contributed by atoms with Gasteiger partial charge in [0.25, 0.3) is 0 Å². The molecule has 0 spiro atoms. The van der Waals surface area contributed by atoms with Gasteiger partial charge >= 0.3 is 0 Å². The van der Waals surface area contributed by atoms with Gasteiger partial charge < -0.3 is 10.2 Å². The molecule has 2 rings (SSSR count). The number of carbonyl (C=O) groups excluding carboxylic acids is 1. The lowest BCUT2D eigenvalue weighted by Crippen LogP contribution is -2.46. The number of H-pyrrole nitrogens is 1. The molecule has 2 N–H and O–H groups in total. The topological polar surface area (TPSA) is 61.0 Å². The Morgan fingerprint density at radius 1 is 1.61 bits per heavy atom. The zero-order valence-corrected chi connectivity index (χ0v) is 11.4. The van der Waals surface area contributed by atoms with E-state index in [1.807, 2.05) is 18.1 Å². The molecule has 5 nitrogen and oxygen atoms in total. The number of amides is 1. The van der Waals surface area contributed by atoms with Gasteiger partial charge in [0, 0.05) is 31.9 Å². The molecule has 0 aliphatic carbocycles. The van der Waals surface area contributed by atoms with E-state index < -0.39 is 0 Å². The van der Waals surface area contributed by atoms with Crippen LogP contribution in [0.5, 0.6) is 0 Å². The second-order valence-corrected chi connectivity index (χ2v) is 5.51. The summed E-state index contributed by atoms with van der Waals surface area (Å²) in [6.07, 6.45) is 4.52. The van der Waals surface area contributed by atoms with Crippen LogP contribution in [-0.4, -0.2) is 41.1 Å². The molecule has 100 valence electrons. The number of carbonyl (C=O) groups is 1. The van der Waals surface area contributed by atoms with E-state index in [1.165, 1.54) is 0 Å². The molecule has 0 radical (unpaired) electrons. The minimum Gasteiger partial charge on any atom is -0.341 e. The Morgan fingerprint density at radius 2 is 2.39 bits per heavy atom. The van der Waals surface area contributed by atoms with Crippen LogP contribution in [0.1, 0.15) is 25.8 Å². The van der Waals surface area contributed by atoms with Gasteiger partial charge in [-0.15, -0.1) is 0 Å². The second kappa shape index (κ2) is 5.10. The van der Waals surface area contributed by atoms with Crippen LogP contribution in [0.25, 0.3) is 0 Å². The number of nitrogens with zero attached hydrogens (tertiary/aromatic N) is 2. The van der Waals surface area contributed by atoms with Gasteiger partial charge in [0.15, 0.2) is 0 Å². The molecular formula is C13H22N4O. The fraction of sp³-hybridized carbons (Fsp3) is 0.692. The van der Waals surface area contributed by atoms with Gasteiger partial charge in [-0.1, -0.05) is 13.8 Å². The third kappa shape index (κ3) is 2.27. The van der Waals surface area contributed by atoms with Crippen molar-refractivity contribution in [1.29, 1.82) is 0 Å². The maximum atomic E-state index is 12.7. The van der Waals surface area contributed by atoms with Crippen LogP contribution in [0.15, 0.2) is 12.4 Å². The molecular weight excluding hydrogens is 228 g/mol. The molecule has 1 saturated heterocycles. The summed E-state index contributed by atoms with van der Waals surface area (Å²) < 4.78 is 0. The van der Waals surface area contributed by atoms with E-state index in [0.29, 0.717) is 12.5 Å². The zero-order chi connectivity index (χ0) is 13.2. The van der Waals surface area contributed by atoms with E-state index in [-0.39, 0.29) is 11.3 Å². The first-order valence-corrected chi connectivity index (χ1v) is 6.50. The van der Waals surface area contributed by atoms with Crippen molar-refractivity contribution in [2.75, 3.05) is 20.1 Å². The fourth-order valence-electron chi connectivity index (χ4n) is 2.72. The zero-order valence-electron chi connectivity index (χ0n) is 11.4. The predicted octanol–water partition coefficient (Wildman–Crippen LogP) is 1.00. The van der Waals surface area contributed by atoms with Gasteiger partial charge in [-0.2, -0.15) is 5.10 Å². The van der Waals surface area contributed by atoms with Crippen molar-refractivity contribution in [3.05, 3.63) is 18.0 Å². The van der Waals surface area contributed by atoms with E-state index in [2.05, 4.69) is 29.4 Å². The van der Waals surface area contributed by atoms with Crippen molar-refractivity contribution in [2.45, 2.75) is 26.8 Å². The number of nitrogens with one attached hydrogen (secondary N) is 2. The summed E-state index contributed by atoms with van der Waals surface area (Å²) in [4.78, 5) is 14.5. The highest BCUT2D eigenvalue weighted by Gasteiger charge is 2.45. The summed E-state index contributed by atoms with van der Waals surface area (Å²) in [6.45, 7) is 6.61. The number of hydrogen-bond donors (Lipinski definition) is 2. The highest BCUT2D eigenvalue weighted by Crippen LogP contribution is 2.36. The van der Waals surface area contributed by atoms with Gasteiger partial charge in [0.1, 0.15) is 0 Å². The van der Waals surface area contributed by atoms with Crippen LogP contribution in [0.2, 0.25) is 0 Å². The summed E-state index contributed by atoms with van der Waals surface area (Å²) in [7, 11) is 1.87. The first-order valence-electron chi connectivity index (χ1n) is 6.50. The first kappa shape index (κ1) is 13.1. The van der Waals surface area contributed by atoms with E-state index in [4.69, 9.17) is 0 Å². The molecule has 1 aliphatic heterocycles. The van der Waals surface area contributed by atoms with Crippen LogP contribution in [0.3, 0.4) is 0 Å². The third-order valence-electron chi connectivity index (χ3n) is 4.04. The smallest absolute Gasteiger partial charge is 0.230 e. The first-order chi connectivity index (χ1) is 8.56.